The first-order chi connectivity index (χ1) is 7.08. The third-order valence-electron chi connectivity index (χ3n) is 2.22. The van der Waals surface area contributed by atoms with E-state index in [1.165, 1.54) is 17.8 Å². The van der Waals surface area contributed by atoms with Crippen LogP contribution in [0.4, 0.5) is 10.1 Å². The molecule has 0 fully saturated rings. The smallest absolute Gasteiger partial charge is 0.228 e. The van der Waals surface area contributed by atoms with Crippen LogP contribution >= 0.6 is 23.4 Å². The summed E-state index contributed by atoms with van der Waals surface area (Å²) in [4.78, 5) is 12.3. The van der Waals surface area contributed by atoms with Gasteiger partial charge in [0.15, 0.2) is 0 Å². The Kier molecular flexibility index (Phi) is 2.89. The molecule has 5 heteroatoms. The number of hydrogen-bond donors (Lipinski definition) is 1. The zero-order chi connectivity index (χ0) is 11.0. The Morgan fingerprint density at radius 2 is 2.33 bits per heavy atom. The Balaban J connectivity index is 2.43. The molecule has 0 aromatic heterocycles. The minimum Gasteiger partial charge on any atom is -0.325 e. The van der Waals surface area contributed by atoms with Crippen molar-refractivity contribution in [1.82, 2.24) is 0 Å². The van der Waals surface area contributed by atoms with Crippen LogP contribution in [0.2, 0.25) is 5.02 Å². The lowest BCUT2D eigenvalue weighted by atomic mass is 10.2. The molecule has 0 saturated carbocycles. The standard InChI is InChI=1S/C10H9ClFNOS/c1-5-4-15-9-2-6(11)7(12)3-8(9)13-10(5)14/h2-3,5H,4H2,1H3,(H,13,14). The summed E-state index contributed by atoms with van der Waals surface area (Å²) in [6, 6.07) is 2.82. The van der Waals surface area contributed by atoms with E-state index in [0.29, 0.717) is 11.4 Å². The van der Waals surface area contributed by atoms with Crippen LogP contribution in [0.25, 0.3) is 0 Å². The average molecular weight is 246 g/mol. The van der Waals surface area contributed by atoms with Crippen molar-refractivity contribution in [3.05, 3.63) is 23.0 Å². The van der Waals surface area contributed by atoms with Crippen LogP contribution in [0.5, 0.6) is 0 Å². The molecule has 0 spiro atoms. The number of rotatable bonds is 0. The van der Waals surface area contributed by atoms with Crippen molar-refractivity contribution in [3.8, 4) is 0 Å². The fourth-order valence-corrected chi connectivity index (χ4v) is 2.57. The Morgan fingerprint density at radius 3 is 3.07 bits per heavy atom. The molecule has 1 aliphatic rings. The molecule has 1 aliphatic heterocycles. The van der Waals surface area contributed by atoms with Crippen LogP contribution in [0.1, 0.15) is 6.92 Å². The van der Waals surface area contributed by atoms with E-state index in [4.69, 9.17) is 11.6 Å². The lowest BCUT2D eigenvalue weighted by molar-refractivity contribution is -0.118. The number of anilines is 1. The van der Waals surface area contributed by atoms with E-state index >= 15 is 0 Å². The number of fused-ring (bicyclic) bond motifs is 1. The summed E-state index contributed by atoms with van der Waals surface area (Å²) in [5.74, 6) is 0.0129. The first kappa shape index (κ1) is 10.8. The van der Waals surface area contributed by atoms with Gasteiger partial charge in [0.25, 0.3) is 0 Å². The highest BCUT2D eigenvalue weighted by molar-refractivity contribution is 7.99. The molecule has 80 valence electrons. The molecule has 1 atom stereocenters. The van der Waals surface area contributed by atoms with Crippen molar-refractivity contribution in [1.29, 1.82) is 0 Å². The van der Waals surface area contributed by atoms with E-state index in [2.05, 4.69) is 5.32 Å². The maximum absolute atomic E-state index is 13.2. The van der Waals surface area contributed by atoms with Crippen molar-refractivity contribution >= 4 is 35.0 Å². The van der Waals surface area contributed by atoms with Gasteiger partial charge < -0.3 is 5.32 Å². The van der Waals surface area contributed by atoms with Crippen molar-refractivity contribution in [2.45, 2.75) is 11.8 Å². The first-order valence-corrected chi connectivity index (χ1v) is 5.87. The summed E-state index contributed by atoms with van der Waals surface area (Å²) in [6.45, 7) is 1.84. The van der Waals surface area contributed by atoms with E-state index in [9.17, 15) is 9.18 Å². The van der Waals surface area contributed by atoms with Gasteiger partial charge in [0.1, 0.15) is 5.82 Å². The molecule has 0 radical (unpaired) electrons. The second kappa shape index (κ2) is 4.02. The van der Waals surface area contributed by atoms with Crippen LogP contribution < -0.4 is 5.32 Å². The molecular formula is C10H9ClFNOS. The summed E-state index contributed by atoms with van der Waals surface area (Å²) in [6.07, 6.45) is 0. The van der Waals surface area contributed by atoms with Gasteiger partial charge in [-0.05, 0) is 6.07 Å². The molecule has 1 unspecified atom stereocenters. The average Bonchev–Trinajstić information content (AvgIpc) is 2.31. The molecule has 1 aromatic rings. The highest BCUT2D eigenvalue weighted by atomic mass is 35.5. The minimum absolute atomic E-state index is 0.0794. The highest BCUT2D eigenvalue weighted by Gasteiger charge is 2.21. The topological polar surface area (TPSA) is 29.1 Å². The van der Waals surface area contributed by atoms with Gasteiger partial charge in [-0.15, -0.1) is 11.8 Å². The maximum Gasteiger partial charge on any atom is 0.228 e. The molecule has 2 rings (SSSR count). The Hall–Kier alpha value is -0.740. The SMILES string of the molecule is CC1CSc2cc(Cl)c(F)cc2NC1=O. The van der Waals surface area contributed by atoms with Crippen molar-refractivity contribution in [2.75, 3.05) is 11.1 Å². The van der Waals surface area contributed by atoms with Crippen LogP contribution in [-0.2, 0) is 4.79 Å². The van der Waals surface area contributed by atoms with Crippen LogP contribution in [0, 0.1) is 11.7 Å². The number of amides is 1. The summed E-state index contributed by atoms with van der Waals surface area (Å²) in [5.41, 5.74) is 0.510. The number of benzene rings is 1. The first-order valence-electron chi connectivity index (χ1n) is 4.50. The fourth-order valence-electron chi connectivity index (χ4n) is 1.29. The fraction of sp³-hybridized carbons (Fsp3) is 0.300. The Labute approximate surface area is 96.2 Å². The maximum atomic E-state index is 13.2. The molecule has 1 N–H and O–H groups in total. The van der Waals surface area contributed by atoms with E-state index in [1.807, 2.05) is 6.92 Å². The van der Waals surface area contributed by atoms with E-state index in [0.717, 1.165) is 4.90 Å². The van der Waals surface area contributed by atoms with Crippen LogP contribution in [0.15, 0.2) is 17.0 Å². The molecular weight excluding hydrogens is 237 g/mol. The molecule has 1 heterocycles. The Bertz CT molecular complexity index is 424. The normalized spacial score (nSPS) is 20.5. The predicted octanol–water partition coefficient (Wildman–Crippen LogP) is 3.16. The van der Waals surface area contributed by atoms with E-state index < -0.39 is 5.82 Å². The zero-order valence-corrected chi connectivity index (χ0v) is 9.58. The molecule has 1 amide bonds. The molecule has 2 nitrogen and oxygen atoms in total. The van der Waals surface area contributed by atoms with E-state index in [-0.39, 0.29) is 16.8 Å². The van der Waals surface area contributed by atoms with Gasteiger partial charge in [-0.1, -0.05) is 18.5 Å². The zero-order valence-electron chi connectivity index (χ0n) is 8.01. The predicted molar refractivity (Wildman–Crippen MR) is 59.9 cm³/mol. The number of thioether (sulfide) groups is 1. The van der Waals surface area contributed by atoms with E-state index in [1.54, 1.807) is 6.07 Å². The second-order valence-corrected chi connectivity index (χ2v) is 4.93. The minimum atomic E-state index is -0.508. The summed E-state index contributed by atoms with van der Waals surface area (Å²) in [7, 11) is 0. The number of hydrogen-bond acceptors (Lipinski definition) is 2. The quantitative estimate of drug-likeness (QED) is 0.761. The summed E-state index contributed by atoms with van der Waals surface area (Å²) < 4.78 is 13.2. The molecule has 0 bridgehead atoms. The monoisotopic (exact) mass is 245 g/mol. The largest absolute Gasteiger partial charge is 0.325 e. The van der Waals surface area contributed by atoms with Crippen LogP contribution in [0.3, 0.4) is 0 Å². The molecule has 1 aromatic carbocycles. The second-order valence-electron chi connectivity index (χ2n) is 3.46. The summed E-state index contributed by atoms with van der Waals surface area (Å²) >= 11 is 7.18. The Morgan fingerprint density at radius 1 is 1.60 bits per heavy atom. The van der Waals surface area contributed by atoms with Gasteiger partial charge >= 0.3 is 0 Å². The van der Waals surface area contributed by atoms with Crippen molar-refractivity contribution < 1.29 is 9.18 Å². The van der Waals surface area contributed by atoms with Gasteiger partial charge in [0.2, 0.25) is 5.91 Å². The van der Waals surface area contributed by atoms with Crippen LogP contribution in [-0.4, -0.2) is 11.7 Å². The lowest BCUT2D eigenvalue weighted by Crippen LogP contribution is -2.20. The lowest BCUT2D eigenvalue weighted by Gasteiger charge is -2.07. The third-order valence-corrected chi connectivity index (χ3v) is 3.82. The number of nitrogens with one attached hydrogen (secondary N) is 1. The van der Waals surface area contributed by atoms with Gasteiger partial charge in [0.05, 0.1) is 10.7 Å². The molecule has 15 heavy (non-hydrogen) atoms. The molecule has 0 aliphatic carbocycles. The number of halogens is 2. The van der Waals surface area contributed by atoms with Gasteiger partial charge in [0, 0.05) is 22.6 Å². The highest BCUT2D eigenvalue weighted by Crippen LogP contribution is 2.35. The molecule has 0 saturated heterocycles. The number of carbonyl (C=O) groups is 1. The van der Waals surface area contributed by atoms with Gasteiger partial charge in [-0.3, -0.25) is 4.79 Å². The van der Waals surface area contributed by atoms with Crippen molar-refractivity contribution in [3.63, 3.8) is 0 Å². The third kappa shape index (κ3) is 2.11. The van der Waals surface area contributed by atoms with Gasteiger partial charge in [-0.2, -0.15) is 0 Å². The number of carbonyl (C=O) groups excluding carboxylic acids is 1. The van der Waals surface area contributed by atoms with Crippen molar-refractivity contribution in [2.24, 2.45) is 5.92 Å². The summed E-state index contributed by atoms with van der Waals surface area (Å²) in [5, 5.41) is 2.77. The van der Waals surface area contributed by atoms with Gasteiger partial charge in [-0.25, -0.2) is 4.39 Å².